The van der Waals surface area contributed by atoms with Crippen LogP contribution < -0.4 is 9.62 Å². The number of nitrogens with one attached hydrogen (secondary N) is 1. The third kappa shape index (κ3) is 4.22. The van der Waals surface area contributed by atoms with Crippen LogP contribution >= 0.6 is 0 Å². The Morgan fingerprint density at radius 3 is 2.69 bits per heavy atom. The molecule has 1 fully saturated rings. The van der Waals surface area contributed by atoms with Gasteiger partial charge in [0.1, 0.15) is 6.07 Å². The first-order valence-corrected chi connectivity index (χ1v) is 12.8. The number of fused-ring (bicyclic) bond motifs is 1. The van der Waals surface area contributed by atoms with Crippen molar-refractivity contribution < 1.29 is 13.2 Å². The minimum atomic E-state index is -3.38. The highest BCUT2D eigenvalue weighted by molar-refractivity contribution is 7.93. The molecule has 4 aromatic rings. The Bertz CT molecular complexity index is 1620. The van der Waals surface area contributed by atoms with E-state index in [0.29, 0.717) is 24.3 Å². The molecule has 1 aliphatic heterocycles. The van der Waals surface area contributed by atoms with Gasteiger partial charge in [0.05, 0.1) is 28.3 Å². The fourth-order valence-corrected chi connectivity index (χ4v) is 5.95. The van der Waals surface area contributed by atoms with Crippen LogP contribution in [0.1, 0.15) is 27.9 Å². The first-order chi connectivity index (χ1) is 16.9. The van der Waals surface area contributed by atoms with Crippen molar-refractivity contribution in [1.82, 2.24) is 4.98 Å². The molecule has 7 nitrogen and oxygen atoms in total. The average Bonchev–Trinajstić information content (AvgIpc) is 3.23. The largest absolute Gasteiger partial charge is 0.322 e. The van der Waals surface area contributed by atoms with E-state index in [4.69, 9.17) is 0 Å². The number of rotatable bonds is 4. The third-order valence-electron chi connectivity index (χ3n) is 6.18. The summed E-state index contributed by atoms with van der Waals surface area (Å²) in [5, 5.41) is 14.6. The summed E-state index contributed by atoms with van der Waals surface area (Å²) >= 11 is 0. The van der Waals surface area contributed by atoms with Gasteiger partial charge in [-0.1, -0.05) is 30.3 Å². The summed E-state index contributed by atoms with van der Waals surface area (Å²) < 4.78 is 25.8. The van der Waals surface area contributed by atoms with E-state index in [1.807, 2.05) is 55.5 Å². The Labute approximate surface area is 203 Å². The van der Waals surface area contributed by atoms with Crippen LogP contribution in [-0.2, 0) is 10.0 Å². The number of carbonyl (C=O) groups excluding carboxylic acids is 1. The van der Waals surface area contributed by atoms with Gasteiger partial charge in [-0.05, 0) is 60.7 Å². The van der Waals surface area contributed by atoms with Crippen molar-refractivity contribution >= 4 is 38.1 Å². The summed E-state index contributed by atoms with van der Waals surface area (Å²) in [6.45, 7) is 2.36. The number of benzene rings is 3. The van der Waals surface area contributed by atoms with Crippen molar-refractivity contribution in [2.24, 2.45) is 0 Å². The minimum absolute atomic E-state index is 0.0818. The van der Waals surface area contributed by atoms with E-state index in [1.165, 1.54) is 16.4 Å². The topological polar surface area (TPSA) is 103 Å². The number of aryl methyl sites for hydroxylation is 1. The normalized spacial score (nSPS) is 14.6. The lowest BCUT2D eigenvalue weighted by molar-refractivity contribution is 0.102. The number of aromatic nitrogens is 1. The molecule has 0 spiro atoms. The highest BCUT2D eigenvalue weighted by atomic mass is 32.2. The van der Waals surface area contributed by atoms with Crippen LogP contribution in [0.2, 0.25) is 0 Å². The van der Waals surface area contributed by atoms with Crippen molar-refractivity contribution in [1.29, 1.82) is 5.26 Å². The summed E-state index contributed by atoms with van der Waals surface area (Å²) in [6, 6.07) is 22.1. The van der Waals surface area contributed by atoms with E-state index in [-0.39, 0.29) is 16.9 Å². The maximum Gasteiger partial charge on any atom is 0.257 e. The molecule has 0 saturated carbocycles. The van der Waals surface area contributed by atoms with Gasteiger partial charge in [0.25, 0.3) is 5.91 Å². The fourth-order valence-electron chi connectivity index (χ4n) is 4.39. The number of nitrogens with zero attached hydrogens (tertiary/aromatic N) is 3. The molecule has 1 aliphatic rings. The highest BCUT2D eigenvalue weighted by Crippen LogP contribution is 2.31. The van der Waals surface area contributed by atoms with E-state index < -0.39 is 15.9 Å². The van der Waals surface area contributed by atoms with E-state index >= 15 is 0 Å². The molecular weight excluding hydrogens is 460 g/mol. The van der Waals surface area contributed by atoms with Gasteiger partial charge in [-0.25, -0.2) is 8.42 Å². The lowest BCUT2D eigenvalue weighted by Crippen LogP contribution is -2.25. The standard InChI is InChI=1S/C27H22N4O3S/c1-18-7-8-21(16-25(18)26-23-6-3-2-5-19(23)11-12-29-26)30-27(32)24-10-9-22(15-20(24)17-28)31-13-4-14-35(31,33)34/h2-3,5-12,15-16H,4,13-14H2,1H3,(H,30,32). The molecule has 0 aliphatic carbocycles. The first kappa shape index (κ1) is 22.6. The van der Waals surface area contributed by atoms with Crippen LogP contribution in [0.5, 0.6) is 0 Å². The van der Waals surface area contributed by atoms with E-state index in [1.54, 1.807) is 18.3 Å². The number of nitriles is 1. The second kappa shape index (κ2) is 8.85. The maximum absolute atomic E-state index is 13.1. The average molecular weight is 483 g/mol. The molecule has 2 heterocycles. The Hall–Kier alpha value is -4.22. The third-order valence-corrected chi connectivity index (χ3v) is 8.05. The summed E-state index contributed by atoms with van der Waals surface area (Å²) in [4.78, 5) is 17.7. The minimum Gasteiger partial charge on any atom is -0.322 e. The summed E-state index contributed by atoms with van der Waals surface area (Å²) in [5.41, 5.74) is 4.00. The van der Waals surface area contributed by atoms with Crippen LogP contribution in [0.3, 0.4) is 0 Å². The molecule has 0 unspecified atom stereocenters. The van der Waals surface area contributed by atoms with Gasteiger partial charge in [-0.15, -0.1) is 0 Å². The molecule has 0 radical (unpaired) electrons. The molecule has 8 heteroatoms. The molecule has 35 heavy (non-hydrogen) atoms. The van der Waals surface area contributed by atoms with Crippen molar-refractivity contribution in [3.05, 3.63) is 89.6 Å². The molecule has 0 atom stereocenters. The van der Waals surface area contributed by atoms with Crippen molar-refractivity contribution in [2.75, 3.05) is 21.9 Å². The zero-order valence-electron chi connectivity index (χ0n) is 19.0. The molecule has 5 rings (SSSR count). The quantitative estimate of drug-likeness (QED) is 0.447. The molecule has 174 valence electrons. The Morgan fingerprint density at radius 2 is 1.91 bits per heavy atom. The molecule has 1 amide bonds. The molecule has 3 aromatic carbocycles. The first-order valence-electron chi connectivity index (χ1n) is 11.2. The molecule has 0 bridgehead atoms. The zero-order valence-corrected chi connectivity index (χ0v) is 19.8. The molecule has 1 N–H and O–H groups in total. The number of anilines is 2. The van der Waals surface area contributed by atoms with Crippen molar-refractivity contribution in [3.63, 3.8) is 0 Å². The van der Waals surface area contributed by atoms with Crippen LogP contribution in [0.4, 0.5) is 11.4 Å². The van der Waals surface area contributed by atoms with E-state index in [9.17, 15) is 18.5 Å². The molecule has 1 saturated heterocycles. The lowest BCUT2D eigenvalue weighted by Gasteiger charge is -2.18. The number of pyridine rings is 1. The molecule has 1 aromatic heterocycles. The zero-order chi connectivity index (χ0) is 24.6. The van der Waals surface area contributed by atoms with Crippen molar-refractivity contribution in [3.8, 4) is 17.3 Å². The van der Waals surface area contributed by atoms with E-state index in [2.05, 4.69) is 10.3 Å². The SMILES string of the molecule is Cc1ccc(NC(=O)c2ccc(N3CCCS3(=O)=O)cc2C#N)cc1-c1nccc2ccccc12. The van der Waals surface area contributed by atoms with Crippen LogP contribution in [-0.4, -0.2) is 31.6 Å². The van der Waals surface area contributed by atoms with Gasteiger partial charge < -0.3 is 5.32 Å². The van der Waals surface area contributed by atoms with Gasteiger partial charge in [0.15, 0.2) is 0 Å². The number of sulfonamides is 1. The summed E-state index contributed by atoms with van der Waals surface area (Å²) in [5.74, 6) is -0.364. The van der Waals surface area contributed by atoms with Gasteiger partial charge in [-0.3, -0.25) is 14.1 Å². The number of hydrogen-bond donors (Lipinski definition) is 1. The second-order valence-corrected chi connectivity index (χ2v) is 10.5. The number of hydrogen-bond acceptors (Lipinski definition) is 5. The monoisotopic (exact) mass is 482 g/mol. The fraction of sp³-hybridized carbons (Fsp3) is 0.148. The second-order valence-electron chi connectivity index (χ2n) is 8.45. The number of carbonyl (C=O) groups is 1. The van der Waals surface area contributed by atoms with Crippen molar-refractivity contribution in [2.45, 2.75) is 13.3 Å². The van der Waals surface area contributed by atoms with Gasteiger partial charge in [0, 0.05) is 29.4 Å². The summed E-state index contributed by atoms with van der Waals surface area (Å²) in [7, 11) is -3.38. The molecular formula is C27H22N4O3S. The lowest BCUT2D eigenvalue weighted by atomic mass is 9.99. The Morgan fingerprint density at radius 1 is 1.09 bits per heavy atom. The van der Waals surface area contributed by atoms with E-state index in [0.717, 1.165) is 27.6 Å². The Balaban J connectivity index is 1.46. The number of amides is 1. The predicted octanol–water partition coefficient (Wildman–Crippen LogP) is 4.87. The Kier molecular flexibility index (Phi) is 5.71. The maximum atomic E-state index is 13.1. The summed E-state index contributed by atoms with van der Waals surface area (Å²) in [6.07, 6.45) is 2.30. The van der Waals surface area contributed by atoms with Gasteiger partial charge in [0.2, 0.25) is 10.0 Å². The predicted molar refractivity (Wildman–Crippen MR) is 137 cm³/mol. The van der Waals surface area contributed by atoms with Gasteiger partial charge >= 0.3 is 0 Å². The smallest absolute Gasteiger partial charge is 0.257 e. The van der Waals surface area contributed by atoms with Crippen LogP contribution in [0.15, 0.2) is 72.9 Å². The highest BCUT2D eigenvalue weighted by Gasteiger charge is 2.29. The van der Waals surface area contributed by atoms with Gasteiger partial charge in [-0.2, -0.15) is 5.26 Å². The van der Waals surface area contributed by atoms with Crippen LogP contribution in [0, 0.1) is 18.3 Å². The van der Waals surface area contributed by atoms with Crippen LogP contribution in [0.25, 0.3) is 22.0 Å².